The molecule has 24 heavy (non-hydrogen) atoms. The molecule has 0 aliphatic rings. The molecule has 0 saturated carbocycles. The second kappa shape index (κ2) is 7.59. The molecular formula is C18H22N2O3S. The number of amides is 1. The topological polar surface area (TPSA) is 66.5 Å². The number of likely N-dealkylation sites (N-methyl/N-ethyl adjacent to an activating group) is 1. The Balaban J connectivity index is 2.09. The number of hydrogen-bond donors (Lipinski definition) is 1. The number of anilines is 1. The Hall–Kier alpha value is -2.18. The van der Waals surface area contributed by atoms with E-state index in [2.05, 4.69) is 5.32 Å². The molecular weight excluding hydrogens is 324 g/mol. The van der Waals surface area contributed by atoms with E-state index in [9.17, 15) is 13.2 Å². The van der Waals surface area contributed by atoms with Crippen LogP contribution in [0.25, 0.3) is 0 Å². The number of benzene rings is 2. The first-order valence-corrected chi connectivity index (χ1v) is 9.19. The Morgan fingerprint density at radius 1 is 1.08 bits per heavy atom. The molecule has 6 heteroatoms. The van der Waals surface area contributed by atoms with E-state index in [4.69, 9.17) is 0 Å². The normalized spacial score (nSPS) is 11.5. The van der Waals surface area contributed by atoms with Crippen LogP contribution in [0.15, 0.2) is 53.4 Å². The predicted molar refractivity (Wildman–Crippen MR) is 95.4 cm³/mol. The smallest absolute Gasteiger partial charge is 0.243 e. The second-order valence-electron chi connectivity index (χ2n) is 5.63. The lowest BCUT2D eigenvalue weighted by Gasteiger charge is -2.17. The molecule has 0 spiro atoms. The monoisotopic (exact) mass is 346 g/mol. The summed E-state index contributed by atoms with van der Waals surface area (Å²) in [4.78, 5) is 12.4. The van der Waals surface area contributed by atoms with Crippen molar-refractivity contribution in [3.8, 4) is 0 Å². The third kappa shape index (κ3) is 4.21. The van der Waals surface area contributed by atoms with E-state index in [1.807, 2.05) is 38.1 Å². The molecule has 128 valence electrons. The minimum absolute atomic E-state index is 0.178. The molecule has 0 fully saturated rings. The first kappa shape index (κ1) is 18.2. The van der Waals surface area contributed by atoms with Crippen molar-refractivity contribution in [3.05, 3.63) is 59.7 Å². The van der Waals surface area contributed by atoms with Gasteiger partial charge < -0.3 is 5.32 Å². The number of nitrogens with zero attached hydrogens (tertiary/aromatic N) is 1. The molecule has 2 aromatic carbocycles. The van der Waals surface area contributed by atoms with Crippen molar-refractivity contribution in [2.24, 2.45) is 0 Å². The largest absolute Gasteiger partial charge is 0.325 e. The zero-order valence-corrected chi connectivity index (χ0v) is 14.9. The zero-order chi connectivity index (χ0) is 17.7. The number of carbonyl (C=O) groups excluding carboxylic acids is 1. The third-order valence-electron chi connectivity index (χ3n) is 3.77. The molecule has 0 aliphatic carbocycles. The fraction of sp³-hybridized carbons (Fsp3) is 0.278. The molecule has 0 aromatic heterocycles. The summed E-state index contributed by atoms with van der Waals surface area (Å²) in [5.41, 5.74) is 2.70. The molecule has 0 unspecified atom stereocenters. The van der Waals surface area contributed by atoms with E-state index < -0.39 is 10.0 Å². The number of sulfonamides is 1. The Morgan fingerprint density at radius 2 is 1.71 bits per heavy atom. The highest BCUT2D eigenvalue weighted by atomic mass is 32.2. The lowest BCUT2D eigenvalue weighted by molar-refractivity contribution is -0.116. The van der Waals surface area contributed by atoms with Gasteiger partial charge >= 0.3 is 0 Å². The van der Waals surface area contributed by atoms with Gasteiger partial charge in [-0.25, -0.2) is 8.42 Å². The number of rotatable bonds is 6. The molecule has 5 nitrogen and oxygen atoms in total. The summed E-state index contributed by atoms with van der Waals surface area (Å²) in [6.45, 7) is 3.64. The Bertz CT molecular complexity index is 814. The van der Waals surface area contributed by atoms with E-state index in [0.717, 1.165) is 21.9 Å². The molecule has 0 saturated heterocycles. The van der Waals surface area contributed by atoms with Crippen molar-refractivity contribution < 1.29 is 13.2 Å². The number of nitrogens with one attached hydrogen (secondary N) is 1. The summed E-state index contributed by atoms with van der Waals surface area (Å²) in [5.74, 6) is -0.367. The molecule has 1 N–H and O–H groups in total. The maximum absolute atomic E-state index is 12.5. The minimum Gasteiger partial charge on any atom is -0.325 e. The zero-order valence-electron chi connectivity index (χ0n) is 14.1. The molecule has 0 bridgehead atoms. The Kier molecular flexibility index (Phi) is 5.75. The van der Waals surface area contributed by atoms with Gasteiger partial charge in [0.15, 0.2) is 0 Å². The predicted octanol–water partition coefficient (Wildman–Crippen LogP) is 2.82. The maximum Gasteiger partial charge on any atom is 0.243 e. The maximum atomic E-state index is 12.5. The highest BCUT2D eigenvalue weighted by Gasteiger charge is 2.23. The summed E-state index contributed by atoms with van der Waals surface area (Å²) in [6.07, 6.45) is 0.786. The fourth-order valence-corrected chi connectivity index (χ4v) is 3.44. The third-order valence-corrected chi connectivity index (χ3v) is 5.59. The van der Waals surface area contributed by atoms with Crippen LogP contribution < -0.4 is 5.32 Å². The van der Waals surface area contributed by atoms with Crippen LogP contribution >= 0.6 is 0 Å². The fourth-order valence-electron chi connectivity index (χ4n) is 2.32. The number of aryl methyl sites for hydroxylation is 2. The summed E-state index contributed by atoms with van der Waals surface area (Å²) in [6, 6.07) is 14.0. The van der Waals surface area contributed by atoms with Gasteiger partial charge in [-0.05, 0) is 37.1 Å². The van der Waals surface area contributed by atoms with Crippen molar-refractivity contribution >= 4 is 21.6 Å². The van der Waals surface area contributed by atoms with E-state index in [-0.39, 0.29) is 17.3 Å². The van der Waals surface area contributed by atoms with Crippen LogP contribution in [0, 0.1) is 6.92 Å². The van der Waals surface area contributed by atoms with E-state index in [0.29, 0.717) is 5.69 Å². The van der Waals surface area contributed by atoms with E-state index >= 15 is 0 Å². The van der Waals surface area contributed by atoms with Gasteiger partial charge in [0.2, 0.25) is 15.9 Å². The average molecular weight is 346 g/mol. The quantitative estimate of drug-likeness (QED) is 0.875. The summed E-state index contributed by atoms with van der Waals surface area (Å²) in [7, 11) is -2.28. The molecule has 2 rings (SSSR count). The molecule has 0 atom stereocenters. The van der Waals surface area contributed by atoms with Crippen molar-refractivity contribution in [2.45, 2.75) is 25.2 Å². The molecule has 0 heterocycles. The lowest BCUT2D eigenvalue weighted by Crippen LogP contribution is -2.35. The van der Waals surface area contributed by atoms with E-state index in [1.165, 1.54) is 7.05 Å². The average Bonchev–Trinajstić information content (AvgIpc) is 2.55. The number of hydrogen-bond acceptors (Lipinski definition) is 3. The SMILES string of the molecule is CCc1ccccc1NC(=O)CN(C)S(=O)(=O)c1ccc(C)cc1. The minimum atomic E-state index is -3.69. The van der Waals surface area contributed by atoms with Crippen LogP contribution in [-0.2, 0) is 21.2 Å². The Morgan fingerprint density at radius 3 is 2.33 bits per heavy atom. The highest BCUT2D eigenvalue weighted by Crippen LogP contribution is 2.17. The van der Waals surface area contributed by atoms with E-state index in [1.54, 1.807) is 24.3 Å². The molecule has 2 aromatic rings. The first-order chi connectivity index (χ1) is 11.3. The van der Waals surface area contributed by atoms with Gasteiger partial charge in [0.25, 0.3) is 0 Å². The standard InChI is InChI=1S/C18H22N2O3S/c1-4-15-7-5-6-8-17(15)19-18(21)13-20(3)24(22,23)16-11-9-14(2)10-12-16/h5-12H,4,13H2,1-3H3,(H,19,21). The molecule has 1 amide bonds. The highest BCUT2D eigenvalue weighted by molar-refractivity contribution is 7.89. The van der Waals surface area contributed by atoms with Gasteiger partial charge in [0.05, 0.1) is 11.4 Å². The molecule has 0 aliphatic heterocycles. The van der Waals surface area contributed by atoms with Gasteiger partial charge in [-0.15, -0.1) is 0 Å². The lowest BCUT2D eigenvalue weighted by atomic mass is 10.1. The van der Waals surface area contributed by atoms with Crippen molar-refractivity contribution in [1.82, 2.24) is 4.31 Å². The van der Waals surface area contributed by atoms with Crippen LogP contribution in [0.3, 0.4) is 0 Å². The molecule has 0 radical (unpaired) electrons. The van der Waals surface area contributed by atoms with Gasteiger partial charge in [-0.1, -0.05) is 42.8 Å². The number of para-hydroxylation sites is 1. The second-order valence-corrected chi connectivity index (χ2v) is 7.68. The van der Waals surface area contributed by atoms with Gasteiger partial charge in [-0.3, -0.25) is 4.79 Å². The van der Waals surface area contributed by atoms with Crippen LogP contribution in [0.4, 0.5) is 5.69 Å². The van der Waals surface area contributed by atoms with Gasteiger partial charge in [-0.2, -0.15) is 4.31 Å². The summed E-state index contributed by atoms with van der Waals surface area (Å²) in [5, 5.41) is 2.78. The van der Waals surface area contributed by atoms with Crippen molar-refractivity contribution in [3.63, 3.8) is 0 Å². The van der Waals surface area contributed by atoms with Crippen LogP contribution in [0.2, 0.25) is 0 Å². The van der Waals surface area contributed by atoms with Crippen LogP contribution in [0.1, 0.15) is 18.1 Å². The summed E-state index contributed by atoms with van der Waals surface area (Å²) < 4.78 is 26.1. The van der Waals surface area contributed by atoms with Crippen molar-refractivity contribution in [1.29, 1.82) is 0 Å². The Labute approximate surface area is 143 Å². The number of carbonyl (C=O) groups is 1. The van der Waals surface area contributed by atoms with Crippen LogP contribution in [0.5, 0.6) is 0 Å². The van der Waals surface area contributed by atoms with Gasteiger partial charge in [0, 0.05) is 12.7 Å². The first-order valence-electron chi connectivity index (χ1n) is 7.75. The summed E-state index contributed by atoms with van der Waals surface area (Å²) >= 11 is 0. The van der Waals surface area contributed by atoms with Crippen molar-refractivity contribution in [2.75, 3.05) is 18.9 Å². The van der Waals surface area contributed by atoms with Crippen LogP contribution in [-0.4, -0.2) is 32.2 Å². The van der Waals surface area contributed by atoms with Gasteiger partial charge in [0.1, 0.15) is 0 Å².